The third kappa shape index (κ3) is 3.56. The van der Waals surface area contributed by atoms with Crippen LogP contribution in [0.3, 0.4) is 0 Å². The highest BCUT2D eigenvalue weighted by Gasteiger charge is 2.27. The second kappa shape index (κ2) is 6.35. The highest BCUT2D eigenvalue weighted by molar-refractivity contribution is 9.10. The summed E-state index contributed by atoms with van der Waals surface area (Å²) in [6.07, 6.45) is 2.30. The predicted octanol–water partition coefficient (Wildman–Crippen LogP) is 2.96. The molecule has 0 bridgehead atoms. The van der Waals surface area contributed by atoms with Crippen LogP contribution < -0.4 is 5.32 Å². The van der Waals surface area contributed by atoms with Crippen molar-refractivity contribution in [1.29, 1.82) is 0 Å². The molecule has 2 rings (SSSR count). The molecule has 0 aromatic heterocycles. The molecule has 1 aromatic carbocycles. The highest BCUT2D eigenvalue weighted by Crippen LogP contribution is 2.25. The van der Waals surface area contributed by atoms with Gasteiger partial charge in [-0.25, -0.2) is 4.39 Å². The van der Waals surface area contributed by atoms with E-state index in [-0.39, 0.29) is 17.5 Å². The van der Waals surface area contributed by atoms with Gasteiger partial charge in [0.15, 0.2) is 0 Å². The first-order valence-corrected chi connectivity index (χ1v) is 7.25. The molecule has 108 valence electrons. The van der Waals surface area contributed by atoms with Crippen molar-refractivity contribution in [2.24, 2.45) is 5.92 Å². The molecule has 0 spiro atoms. The molecule has 1 aromatic rings. The largest absolute Gasteiger partial charge is 0.481 e. The summed E-state index contributed by atoms with van der Waals surface area (Å²) < 4.78 is 14.2. The van der Waals surface area contributed by atoms with Crippen LogP contribution in [0.4, 0.5) is 4.39 Å². The van der Waals surface area contributed by atoms with Crippen molar-refractivity contribution in [2.75, 3.05) is 0 Å². The van der Waals surface area contributed by atoms with E-state index in [0.29, 0.717) is 30.2 Å². The molecule has 1 amide bonds. The Morgan fingerprint density at radius 2 is 1.90 bits per heavy atom. The van der Waals surface area contributed by atoms with E-state index in [1.807, 2.05) is 0 Å². The third-order valence-corrected chi connectivity index (χ3v) is 4.08. The zero-order valence-corrected chi connectivity index (χ0v) is 12.3. The van der Waals surface area contributed by atoms with Crippen molar-refractivity contribution >= 4 is 27.8 Å². The molecule has 0 saturated heterocycles. The Morgan fingerprint density at radius 3 is 2.50 bits per heavy atom. The fourth-order valence-corrected chi connectivity index (χ4v) is 2.78. The van der Waals surface area contributed by atoms with E-state index in [2.05, 4.69) is 21.2 Å². The lowest BCUT2D eigenvalue weighted by atomic mass is 9.86. The van der Waals surface area contributed by atoms with Crippen molar-refractivity contribution in [3.63, 3.8) is 0 Å². The summed E-state index contributed by atoms with van der Waals surface area (Å²) >= 11 is 3.20. The second-order valence-corrected chi connectivity index (χ2v) is 5.90. The van der Waals surface area contributed by atoms with Crippen LogP contribution in [-0.2, 0) is 4.79 Å². The molecule has 1 fully saturated rings. The van der Waals surface area contributed by atoms with Crippen LogP contribution >= 0.6 is 15.9 Å². The molecule has 0 atom stereocenters. The summed E-state index contributed by atoms with van der Waals surface area (Å²) in [5.41, 5.74) is -0.000247. The van der Waals surface area contributed by atoms with Crippen molar-refractivity contribution in [1.82, 2.24) is 5.32 Å². The summed E-state index contributed by atoms with van der Waals surface area (Å²) in [6, 6.07) is 4.12. The normalized spacial score (nSPS) is 22.3. The maximum Gasteiger partial charge on any atom is 0.306 e. The molecule has 2 N–H and O–H groups in total. The Balaban J connectivity index is 1.96. The summed E-state index contributed by atoms with van der Waals surface area (Å²) in [6.45, 7) is 0. The van der Waals surface area contributed by atoms with Gasteiger partial charge in [-0.15, -0.1) is 0 Å². The number of carbonyl (C=O) groups is 2. The fraction of sp³-hybridized carbons (Fsp3) is 0.429. The molecule has 1 aliphatic carbocycles. The smallest absolute Gasteiger partial charge is 0.306 e. The zero-order chi connectivity index (χ0) is 14.7. The maximum absolute atomic E-state index is 13.6. The average Bonchev–Trinajstić information content (AvgIpc) is 2.42. The number of nitrogens with one attached hydrogen (secondary N) is 1. The van der Waals surface area contributed by atoms with E-state index >= 15 is 0 Å². The van der Waals surface area contributed by atoms with Crippen molar-refractivity contribution in [3.8, 4) is 0 Å². The number of aliphatic carboxylic acids is 1. The summed E-state index contributed by atoms with van der Waals surface area (Å²) in [5, 5.41) is 11.7. The third-order valence-electron chi connectivity index (χ3n) is 3.58. The topological polar surface area (TPSA) is 66.4 Å². The van der Waals surface area contributed by atoms with Gasteiger partial charge < -0.3 is 10.4 Å². The monoisotopic (exact) mass is 343 g/mol. The minimum absolute atomic E-state index is 0.000247. The molecule has 0 radical (unpaired) electrons. The van der Waals surface area contributed by atoms with Gasteiger partial charge in [0.05, 0.1) is 11.5 Å². The van der Waals surface area contributed by atoms with E-state index in [9.17, 15) is 14.0 Å². The molecular weight excluding hydrogens is 329 g/mol. The Bertz CT molecular complexity index is 527. The van der Waals surface area contributed by atoms with E-state index < -0.39 is 17.7 Å². The van der Waals surface area contributed by atoms with Gasteiger partial charge in [-0.1, -0.05) is 15.9 Å². The number of halogens is 2. The minimum atomic E-state index is -0.784. The standard InChI is InChI=1S/C14H15BrFNO3/c15-9-3-6-12(16)11(7-9)13(18)17-10-4-1-8(2-5-10)14(19)20/h3,6-8,10H,1-2,4-5H2,(H,17,18)(H,19,20). The Labute approximate surface area is 124 Å². The number of hydrogen-bond acceptors (Lipinski definition) is 2. The SMILES string of the molecule is O=C(NC1CCC(C(=O)O)CC1)c1cc(Br)ccc1F. The Hall–Kier alpha value is -1.43. The molecule has 6 heteroatoms. The molecule has 0 unspecified atom stereocenters. The van der Waals surface area contributed by atoms with E-state index in [4.69, 9.17) is 5.11 Å². The second-order valence-electron chi connectivity index (χ2n) is 4.98. The molecule has 1 aliphatic rings. The van der Waals surface area contributed by atoms with Gasteiger partial charge in [0.2, 0.25) is 0 Å². The molecule has 0 aliphatic heterocycles. The first-order valence-electron chi connectivity index (χ1n) is 6.46. The summed E-state index contributed by atoms with van der Waals surface area (Å²) in [4.78, 5) is 22.9. The first kappa shape index (κ1) is 15.0. The van der Waals surface area contributed by atoms with E-state index in [1.54, 1.807) is 0 Å². The quantitative estimate of drug-likeness (QED) is 0.886. The van der Waals surface area contributed by atoms with Gasteiger partial charge >= 0.3 is 5.97 Å². The Kier molecular flexibility index (Phi) is 4.75. The van der Waals surface area contributed by atoms with Crippen LogP contribution in [0.25, 0.3) is 0 Å². The predicted molar refractivity (Wildman–Crippen MR) is 74.9 cm³/mol. The number of carbonyl (C=O) groups excluding carboxylic acids is 1. The number of amides is 1. The van der Waals surface area contributed by atoms with Crippen molar-refractivity contribution in [2.45, 2.75) is 31.7 Å². The number of rotatable bonds is 3. The average molecular weight is 344 g/mol. The van der Waals surface area contributed by atoms with Crippen LogP contribution in [0, 0.1) is 11.7 Å². The van der Waals surface area contributed by atoms with E-state index in [0.717, 1.165) is 0 Å². The Morgan fingerprint density at radius 1 is 1.25 bits per heavy atom. The van der Waals surface area contributed by atoms with Gasteiger partial charge in [-0.3, -0.25) is 9.59 Å². The van der Waals surface area contributed by atoms with Gasteiger partial charge in [-0.05, 0) is 43.9 Å². The lowest BCUT2D eigenvalue weighted by Gasteiger charge is -2.26. The van der Waals surface area contributed by atoms with Gasteiger partial charge in [0, 0.05) is 10.5 Å². The number of benzene rings is 1. The lowest BCUT2D eigenvalue weighted by molar-refractivity contribution is -0.142. The number of carboxylic acid groups (broad SMARTS) is 1. The van der Waals surface area contributed by atoms with Gasteiger partial charge in [0.1, 0.15) is 5.82 Å². The zero-order valence-electron chi connectivity index (χ0n) is 10.7. The van der Waals surface area contributed by atoms with Crippen LogP contribution in [0.2, 0.25) is 0 Å². The fourth-order valence-electron chi connectivity index (χ4n) is 2.42. The highest BCUT2D eigenvalue weighted by atomic mass is 79.9. The van der Waals surface area contributed by atoms with Crippen molar-refractivity contribution < 1.29 is 19.1 Å². The molecule has 4 nitrogen and oxygen atoms in total. The van der Waals surface area contributed by atoms with Crippen LogP contribution in [0.1, 0.15) is 36.0 Å². The number of hydrogen-bond donors (Lipinski definition) is 2. The maximum atomic E-state index is 13.6. The van der Waals surface area contributed by atoms with Crippen LogP contribution in [-0.4, -0.2) is 23.0 Å². The number of carboxylic acids is 1. The van der Waals surface area contributed by atoms with Gasteiger partial charge in [0.25, 0.3) is 5.91 Å². The molecule has 1 saturated carbocycles. The van der Waals surface area contributed by atoms with E-state index in [1.165, 1.54) is 18.2 Å². The molecular formula is C14H15BrFNO3. The van der Waals surface area contributed by atoms with Crippen LogP contribution in [0.5, 0.6) is 0 Å². The first-order chi connectivity index (χ1) is 9.47. The van der Waals surface area contributed by atoms with Crippen molar-refractivity contribution in [3.05, 3.63) is 34.1 Å². The summed E-state index contributed by atoms with van der Waals surface area (Å²) in [7, 11) is 0. The lowest BCUT2D eigenvalue weighted by Crippen LogP contribution is -2.39. The van der Waals surface area contributed by atoms with Crippen LogP contribution in [0.15, 0.2) is 22.7 Å². The molecule has 20 heavy (non-hydrogen) atoms. The molecule has 0 heterocycles. The minimum Gasteiger partial charge on any atom is -0.481 e. The summed E-state index contributed by atoms with van der Waals surface area (Å²) in [5.74, 6) is -2.13. The van der Waals surface area contributed by atoms with Gasteiger partial charge in [-0.2, -0.15) is 0 Å².